The second kappa shape index (κ2) is 9.33. The van der Waals surface area contributed by atoms with Crippen LogP contribution >= 0.6 is 23.2 Å². The monoisotopic (exact) mass is 573 g/mol. The van der Waals surface area contributed by atoms with Crippen LogP contribution in [-0.4, -0.2) is 69.8 Å². The van der Waals surface area contributed by atoms with Gasteiger partial charge in [-0.2, -0.15) is 5.10 Å². The van der Waals surface area contributed by atoms with E-state index in [9.17, 15) is 8.42 Å². The molecule has 1 spiro atoms. The minimum absolute atomic E-state index is 0.0148. The Hall–Kier alpha value is -2.99. The summed E-state index contributed by atoms with van der Waals surface area (Å²) in [6.45, 7) is 6.19. The number of H-pyrrole nitrogens is 1. The SMILES string of the molecule is CCS(=O)(=O)N1CC2(CN(c3ncc(-c4n[nH]c5ccc(O[C@H](C)c6c(Cl)cncc6Cl)cc45)cn3)C2)C1. The molecule has 2 aliphatic rings. The van der Waals surface area contributed by atoms with Crippen LogP contribution in [0, 0.1) is 5.41 Å². The highest BCUT2D eigenvalue weighted by Gasteiger charge is 2.55. The molecule has 0 radical (unpaired) electrons. The number of anilines is 1. The maximum Gasteiger partial charge on any atom is 0.225 e. The summed E-state index contributed by atoms with van der Waals surface area (Å²) in [5.74, 6) is 1.40. The van der Waals surface area contributed by atoms with Gasteiger partial charge in [0.15, 0.2) is 0 Å². The van der Waals surface area contributed by atoms with Gasteiger partial charge in [0, 0.05) is 72.9 Å². The number of fused-ring (bicyclic) bond motifs is 1. The first-order valence-corrected chi connectivity index (χ1v) is 14.5. The van der Waals surface area contributed by atoms with Crippen molar-refractivity contribution in [1.82, 2.24) is 29.5 Å². The summed E-state index contributed by atoms with van der Waals surface area (Å²) in [6, 6.07) is 5.67. The van der Waals surface area contributed by atoms with E-state index in [1.54, 1.807) is 36.0 Å². The van der Waals surface area contributed by atoms with Crippen LogP contribution in [0.1, 0.15) is 25.5 Å². The van der Waals surface area contributed by atoms with Crippen LogP contribution in [0.15, 0.2) is 43.0 Å². The molecule has 6 rings (SSSR count). The van der Waals surface area contributed by atoms with E-state index < -0.39 is 16.1 Å². The molecule has 0 saturated carbocycles. The highest BCUT2D eigenvalue weighted by atomic mass is 35.5. The number of aromatic nitrogens is 5. The van der Waals surface area contributed by atoms with Gasteiger partial charge in [0.1, 0.15) is 17.5 Å². The standard InChI is InChI=1S/C25H25Cl2N7O3S/c1-3-38(35,36)34-13-25(14-34)11-33(12-25)24-29-7-16(8-30-24)23-18-6-17(4-5-21(18)31-32-23)37-15(2)22-19(26)9-28-10-20(22)27/h4-10,15H,3,11-14H2,1-2H3,(H,31,32)/t15-/m1/s1. The molecule has 2 fully saturated rings. The molecular weight excluding hydrogens is 549 g/mol. The van der Waals surface area contributed by atoms with Crippen LogP contribution in [0.25, 0.3) is 22.2 Å². The van der Waals surface area contributed by atoms with E-state index in [4.69, 9.17) is 27.9 Å². The fourth-order valence-electron chi connectivity index (χ4n) is 5.15. The van der Waals surface area contributed by atoms with Gasteiger partial charge in [-0.15, -0.1) is 0 Å². The summed E-state index contributed by atoms with van der Waals surface area (Å²) in [6.07, 6.45) is 6.20. The Morgan fingerprint density at radius 2 is 1.76 bits per heavy atom. The summed E-state index contributed by atoms with van der Waals surface area (Å²) in [5.41, 5.74) is 3.02. The van der Waals surface area contributed by atoms with Gasteiger partial charge in [-0.1, -0.05) is 23.2 Å². The van der Waals surface area contributed by atoms with Gasteiger partial charge in [0.05, 0.1) is 21.3 Å². The van der Waals surface area contributed by atoms with Crippen LogP contribution in [-0.2, 0) is 10.0 Å². The fraction of sp³-hybridized carbons (Fsp3) is 0.360. The van der Waals surface area contributed by atoms with Gasteiger partial charge in [-0.3, -0.25) is 10.1 Å². The van der Waals surface area contributed by atoms with Crippen molar-refractivity contribution in [3.8, 4) is 17.0 Å². The van der Waals surface area contributed by atoms with Gasteiger partial charge in [-0.05, 0) is 32.0 Å². The molecule has 1 N–H and O–H groups in total. The number of nitrogens with zero attached hydrogens (tertiary/aromatic N) is 6. The topological polar surface area (TPSA) is 117 Å². The Morgan fingerprint density at radius 1 is 1.08 bits per heavy atom. The number of ether oxygens (including phenoxy) is 1. The zero-order chi connectivity index (χ0) is 26.7. The lowest BCUT2D eigenvalue weighted by atomic mass is 9.74. The lowest BCUT2D eigenvalue weighted by molar-refractivity contribution is 0.0385. The highest BCUT2D eigenvalue weighted by Crippen LogP contribution is 2.42. The summed E-state index contributed by atoms with van der Waals surface area (Å²) in [7, 11) is -3.12. The molecule has 38 heavy (non-hydrogen) atoms. The average molecular weight is 574 g/mol. The molecule has 0 amide bonds. The molecule has 3 aromatic heterocycles. The van der Waals surface area contributed by atoms with E-state index in [-0.39, 0.29) is 11.2 Å². The molecular formula is C25H25Cl2N7O3S. The third-order valence-electron chi connectivity index (χ3n) is 7.17. The van der Waals surface area contributed by atoms with Crippen molar-refractivity contribution in [2.75, 3.05) is 36.8 Å². The number of rotatable bonds is 7. The second-order valence-electron chi connectivity index (χ2n) is 9.85. The molecule has 2 saturated heterocycles. The minimum Gasteiger partial charge on any atom is -0.486 e. The van der Waals surface area contributed by atoms with E-state index >= 15 is 0 Å². The maximum atomic E-state index is 12.0. The maximum absolute atomic E-state index is 12.0. The van der Waals surface area contributed by atoms with Crippen molar-refractivity contribution in [2.24, 2.45) is 5.41 Å². The Bertz CT molecular complexity index is 1590. The van der Waals surface area contributed by atoms with Crippen molar-refractivity contribution in [3.05, 3.63) is 58.6 Å². The van der Waals surface area contributed by atoms with Gasteiger partial charge < -0.3 is 9.64 Å². The van der Waals surface area contributed by atoms with Gasteiger partial charge in [0.2, 0.25) is 16.0 Å². The molecule has 1 aromatic carbocycles. The third-order valence-corrected chi connectivity index (χ3v) is 9.55. The van der Waals surface area contributed by atoms with Crippen LogP contribution in [0.4, 0.5) is 5.95 Å². The first-order chi connectivity index (χ1) is 18.2. The molecule has 0 bridgehead atoms. The average Bonchev–Trinajstić information content (AvgIpc) is 3.26. The second-order valence-corrected chi connectivity index (χ2v) is 12.9. The molecule has 2 aliphatic heterocycles. The summed E-state index contributed by atoms with van der Waals surface area (Å²) < 4.78 is 31.8. The smallest absolute Gasteiger partial charge is 0.225 e. The number of halogens is 2. The number of aromatic amines is 1. The van der Waals surface area contributed by atoms with E-state index in [2.05, 4.69) is 30.0 Å². The molecule has 1 atom stereocenters. The number of hydrogen-bond donors (Lipinski definition) is 1. The number of nitrogens with one attached hydrogen (secondary N) is 1. The summed E-state index contributed by atoms with van der Waals surface area (Å²) >= 11 is 12.6. The third kappa shape index (κ3) is 4.37. The molecule has 10 nitrogen and oxygen atoms in total. The van der Waals surface area contributed by atoms with Crippen molar-refractivity contribution in [1.29, 1.82) is 0 Å². The number of pyridine rings is 1. The Balaban J connectivity index is 1.16. The van der Waals surface area contributed by atoms with Gasteiger partial charge in [0.25, 0.3) is 0 Å². The van der Waals surface area contributed by atoms with Crippen LogP contribution < -0.4 is 9.64 Å². The van der Waals surface area contributed by atoms with Gasteiger partial charge >= 0.3 is 0 Å². The molecule has 198 valence electrons. The minimum atomic E-state index is -3.12. The normalized spacial score (nSPS) is 17.8. The van der Waals surface area contributed by atoms with Crippen molar-refractivity contribution in [2.45, 2.75) is 20.0 Å². The molecule has 0 unspecified atom stereocenters. The zero-order valence-corrected chi connectivity index (χ0v) is 23.1. The quantitative estimate of drug-likeness (QED) is 0.347. The van der Waals surface area contributed by atoms with Crippen LogP contribution in [0.3, 0.4) is 0 Å². The fourth-order valence-corrected chi connectivity index (χ4v) is 7.13. The molecule has 13 heteroatoms. The Kier molecular flexibility index (Phi) is 6.21. The predicted octanol–water partition coefficient (Wildman–Crippen LogP) is 4.33. The van der Waals surface area contributed by atoms with Crippen molar-refractivity contribution in [3.63, 3.8) is 0 Å². The number of sulfonamides is 1. The van der Waals surface area contributed by atoms with Gasteiger partial charge in [-0.25, -0.2) is 22.7 Å². The Labute approximate surface area is 230 Å². The molecule has 5 heterocycles. The van der Waals surface area contributed by atoms with E-state index in [0.717, 1.165) is 29.6 Å². The van der Waals surface area contributed by atoms with Crippen molar-refractivity contribution >= 4 is 50.1 Å². The lowest BCUT2D eigenvalue weighted by Crippen LogP contribution is -2.73. The summed E-state index contributed by atoms with van der Waals surface area (Å²) in [5, 5.41) is 9.29. The largest absolute Gasteiger partial charge is 0.486 e. The van der Waals surface area contributed by atoms with E-state index in [1.165, 1.54) is 0 Å². The van der Waals surface area contributed by atoms with Crippen LogP contribution in [0.5, 0.6) is 5.75 Å². The Morgan fingerprint density at radius 3 is 2.42 bits per heavy atom. The molecule has 0 aliphatic carbocycles. The molecule has 4 aromatic rings. The lowest BCUT2D eigenvalue weighted by Gasteiger charge is -2.59. The van der Waals surface area contributed by atoms with Crippen molar-refractivity contribution < 1.29 is 13.2 Å². The van der Waals surface area contributed by atoms with E-state index in [1.807, 2.05) is 25.1 Å². The predicted molar refractivity (Wildman–Crippen MR) is 146 cm³/mol. The zero-order valence-electron chi connectivity index (χ0n) is 20.7. The first kappa shape index (κ1) is 25.3. The number of hydrogen-bond acceptors (Lipinski definition) is 8. The first-order valence-electron chi connectivity index (χ1n) is 12.2. The number of benzene rings is 1. The van der Waals surface area contributed by atoms with E-state index in [0.29, 0.717) is 46.1 Å². The van der Waals surface area contributed by atoms with Crippen LogP contribution in [0.2, 0.25) is 10.0 Å². The summed E-state index contributed by atoms with van der Waals surface area (Å²) in [4.78, 5) is 15.2. The highest BCUT2D eigenvalue weighted by molar-refractivity contribution is 7.89.